The van der Waals surface area contributed by atoms with Gasteiger partial charge in [0.05, 0.1) is 13.2 Å². The van der Waals surface area contributed by atoms with Crippen LogP contribution in [0.1, 0.15) is 19.8 Å². The molecule has 0 aliphatic heterocycles. The maximum atomic E-state index is 12.1. The van der Waals surface area contributed by atoms with Crippen LogP contribution < -0.4 is 15.2 Å². The third-order valence-electron chi connectivity index (χ3n) is 2.61. The number of nitrogen functional groups attached to an aromatic ring is 1. The highest BCUT2D eigenvalue weighted by molar-refractivity contribution is 7.89. The molecular weight excluding hydrogens is 268 g/mol. The maximum Gasteiger partial charge on any atom is 0.244 e. The molecule has 1 aromatic carbocycles. The minimum atomic E-state index is -3.75. The van der Waals surface area contributed by atoms with Gasteiger partial charge in [-0.15, -0.1) is 0 Å². The van der Waals surface area contributed by atoms with Crippen molar-refractivity contribution in [1.82, 2.24) is 4.72 Å². The number of benzene rings is 1. The fraction of sp³-hybridized carbons (Fsp3) is 0.500. The lowest BCUT2D eigenvalue weighted by Gasteiger charge is -2.13. The van der Waals surface area contributed by atoms with Crippen molar-refractivity contribution in [3.8, 4) is 5.75 Å². The Balaban J connectivity index is 2.91. The molecule has 0 saturated carbocycles. The van der Waals surface area contributed by atoms with Crippen molar-refractivity contribution in [1.29, 1.82) is 0 Å². The van der Waals surface area contributed by atoms with Gasteiger partial charge in [-0.05, 0) is 24.6 Å². The molecular formula is C12H20N2O4S. The Morgan fingerprint density at radius 1 is 1.47 bits per heavy atom. The second kappa shape index (κ2) is 6.74. The second-order valence-electron chi connectivity index (χ2n) is 4.20. The van der Waals surface area contributed by atoms with E-state index < -0.39 is 16.1 Å². The van der Waals surface area contributed by atoms with Crippen molar-refractivity contribution in [3.63, 3.8) is 0 Å². The van der Waals surface area contributed by atoms with Crippen LogP contribution in [-0.2, 0) is 10.0 Å². The van der Waals surface area contributed by atoms with Gasteiger partial charge in [0.1, 0.15) is 10.6 Å². The number of nitrogens with one attached hydrogen (secondary N) is 1. The third-order valence-corrected chi connectivity index (χ3v) is 4.05. The summed E-state index contributed by atoms with van der Waals surface area (Å²) >= 11 is 0. The highest BCUT2D eigenvalue weighted by Crippen LogP contribution is 2.25. The number of sulfonamides is 1. The van der Waals surface area contributed by atoms with Gasteiger partial charge in [-0.25, -0.2) is 13.1 Å². The Kier molecular flexibility index (Phi) is 5.59. The molecule has 0 aliphatic rings. The molecule has 0 heterocycles. The van der Waals surface area contributed by atoms with Crippen LogP contribution in [0.4, 0.5) is 5.69 Å². The molecule has 1 rings (SSSR count). The monoisotopic (exact) mass is 288 g/mol. The quantitative estimate of drug-likeness (QED) is 0.642. The van der Waals surface area contributed by atoms with Crippen LogP contribution in [0.25, 0.3) is 0 Å². The summed E-state index contributed by atoms with van der Waals surface area (Å²) in [6.07, 6.45) is 0.619. The van der Waals surface area contributed by atoms with Gasteiger partial charge in [-0.1, -0.05) is 13.3 Å². The average molecular weight is 288 g/mol. The van der Waals surface area contributed by atoms with Crippen LogP contribution in [0.15, 0.2) is 23.1 Å². The standard InChI is InChI=1S/C12H20N2O4S/c1-3-4-10(15)8-14-19(16,17)12-7-9(13)5-6-11(12)18-2/h5-7,10,14-15H,3-4,8,13H2,1-2H3. The minimum Gasteiger partial charge on any atom is -0.495 e. The van der Waals surface area contributed by atoms with Crippen molar-refractivity contribution < 1.29 is 18.3 Å². The fourth-order valence-electron chi connectivity index (χ4n) is 1.62. The van der Waals surface area contributed by atoms with Crippen LogP contribution >= 0.6 is 0 Å². The summed E-state index contributed by atoms with van der Waals surface area (Å²) in [5, 5.41) is 9.56. The van der Waals surface area contributed by atoms with Crippen LogP contribution in [-0.4, -0.2) is 33.3 Å². The molecule has 1 atom stereocenters. The summed E-state index contributed by atoms with van der Waals surface area (Å²) in [7, 11) is -2.37. The van der Waals surface area contributed by atoms with Gasteiger partial charge in [0.2, 0.25) is 10.0 Å². The molecule has 7 heteroatoms. The third kappa shape index (κ3) is 4.38. The van der Waals surface area contributed by atoms with E-state index in [1.807, 2.05) is 6.92 Å². The molecule has 0 aromatic heterocycles. The zero-order valence-electron chi connectivity index (χ0n) is 11.1. The summed E-state index contributed by atoms with van der Waals surface area (Å²) in [5.74, 6) is 0.215. The first-order valence-electron chi connectivity index (χ1n) is 6.02. The first kappa shape index (κ1) is 15.7. The van der Waals surface area contributed by atoms with Crippen LogP contribution in [0, 0.1) is 0 Å². The Morgan fingerprint density at radius 3 is 2.74 bits per heavy atom. The van der Waals surface area contributed by atoms with E-state index in [0.29, 0.717) is 12.1 Å². The van der Waals surface area contributed by atoms with E-state index in [1.165, 1.54) is 19.2 Å². The number of hydrogen-bond donors (Lipinski definition) is 3. The predicted octanol–water partition coefficient (Wildman–Crippen LogP) is 0.717. The summed E-state index contributed by atoms with van der Waals surface area (Å²) < 4.78 is 31.6. The molecule has 0 radical (unpaired) electrons. The zero-order valence-corrected chi connectivity index (χ0v) is 11.9. The summed E-state index contributed by atoms with van der Waals surface area (Å²) in [4.78, 5) is -0.0290. The number of ether oxygens (including phenoxy) is 1. The lowest BCUT2D eigenvalue weighted by molar-refractivity contribution is 0.167. The molecule has 4 N–H and O–H groups in total. The second-order valence-corrected chi connectivity index (χ2v) is 5.94. The number of aliphatic hydroxyl groups excluding tert-OH is 1. The Morgan fingerprint density at radius 2 is 2.16 bits per heavy atom. The van der Waals surface area contributed by atoms with E-state index in [2.05, 4.69) is 4.72 Å². The van der Waals surface area contributed by atoms with E-state index in [0.717, 1.165) is 6.42 Å². The first-order valence-corrected chi connectivity index (χ1v) is 7.50. The van der Waals surface area contributed by atoms with Crippen molar-refractivity contribution in [2.24, 2.45) is 0 Å². The van der Waals surface area contributed by atoms with Gasteiger partial charge in [0.25, 0.3) is 0 Å². The molecule has 0 bridgehead atoms. The zero-order chi connectivity index (χ0) is 14.5. The highest BCUT2D eigenvalue weighted by atomic mass is 32.2. The lowest BCUT2D eigenvalue weighted by atomic mass is 10.2. The number of methoxy groups -OCH3 is 1. The number of anilines is 1. The van der Waals surface area contributed by atoms with Gasteiger partial charge < -0.3 is 15.6 Å². The normalized spacial score (nSPS) is 13.2. The Bertz CT molecular complexity index is 516. The number of nitrogens with two attached hydrogens (primary N) is 1. The number of aliphatic hydroxyl groups is 1. The predicted molar refractivity (Wildman–Crippen MR) is 73.5 cm³/mol. The number of hydrogen-bond acceptors (Lipinski definition) is 5. The molecule has 0 saturated heterocycles. The van der Waals surface area contributed by atoms with Crippen LogP contribution in [0.2, 0.25) is 0 Å². The van der Waals surface area contributed by atoms with Gasteiger partial charge in [-0.2, -0.15) is 0 Å². The largest absolute Gasteiger partial charge is 0.495 e. The summed E-state index contributed by atoms with van der Waals surface area (Å²) in [6.45, 7) is 1.88. The molecule has 0 spiro atoms. The van der Waals surface area contributed by atoms with E-state index in [4.69, 9.17) is 10.5 Å². The van der Waals surface area contributed by atoms with Gasteiger partial charge >= 0.3 is 0 Å². The topological polar surface area (TPSA) is 102 Å². The van der Waals surface area contributed by atoms with E-state index in [9.17, 15) is 13.5 Å². The van der Waals surface area contributed by atoms with E-state index in [1.54, 1.807) is 6.07 Å². The minimum absolute atomic E-state index is 0.0290. The molecule has 19 heavy (non-hydrogen) atoms. The molecule has 0 amide bonds. The number of rotatable bonds is 7. The van der Waals surface area contributed by atoms with Gasteiger partial charge in [-0.3, -0.25) is 0 Å². The molecule has 6 nitrogen and oxygen atoms in total. The first-order chi connectivity index (χ1) is 8.90. The van der Waals surface area contributed by atoms with Crippen LogP contribution in [0.5, 0.6) is 5.75 Å². The highest BCUT2D eigenvalue weighted by Gasteiger charge is 2.20. The lowest BCUT2D eigenvalue weighted by Crippen LogP contribution is -2.32. The van der Waals surface area contributed by atoms with Gasteiger partial charge in [0, 0.05) is 12.2 Å². The smallest absolute Gasteiger partial charge is 0.244 e. The Labute approximate surface area is 113 Å². The fourth-order valence-corrected chi connectivity index (χ4v) is 2.90. The van der Waals surface area contributed by atoms with E-state index in [-0.39, 0.29) is 17.2 Å². The van der Waals surface area contributed by atoms with Crippen LogP contribution in [0.3, 0.4) is 0 Å². The van der Waals surface area contributed by atoms with Crippen molar-refractivity contribution >= 4 is 15.7 Å². The summed E-state index contributed by atoms with van der Waals surface area (Å²) in [5.41, 5.74) is 5.91. The van der Waals surface area contributed by atoms with Crippen molar-refractivity contribution in [3.05, 3.63) is 18.2 Å². The molecule has 1 aromatic rings. The average Bonchev–Trinajstić information content (AvgIpc) is 2.37. The van der Waals surface area contributed by atoms with E-state index >= 15 is 0 Å². The molecule has 1 unspecified atom stereocenters. The maximum absolute atomic E-state index is 12.1. The Hall–Kier alpha value is -1.31. The molecule has 0 fully saturated rings. The SMILES string of the molecule is CCCC(O)CNS(=O)(=O)c1cc(N)ccc1OC. The van der Waals surface area contributed by atoms with Crippen molar-refractivity contribution in [2.45, 2.75) is 30.8 Å². The van der Waals surface area contributed by atoms with Gasteiger partial charge in [0.15, 0.2) is 0 Å². The molecule has 108 valence electrons. The summed E-state index contributed by atoms with van der Waals surface area (Å²) in [6, 6.07) is 4.38. The van der Waals surface area contributed by atoms with Crippen molar-refractivity contribution in [2.75, 3.05) is 19.4 Å². The molecule has 0 aliphatic carbocycles.